The fourth-order valence-corrected chi connectivity index (χ4v) is 3.71. The lowest BCUT2D eigenvalue weighted by molar-refractivity contribution is -0.166. The lowest BCUT2D eigenvalue weighted by Gasteiger charge is -2.43. The number of amides is 1. The molecule has 2 N–H and O–H groups in total. The molecule has 1 saturated heterocycles. The maximum absolute atomic E-state index is 12.5. The number of piperidine rings is 1. The van der Waals surface area contributed by atoms with Crippen LogP contribution in [0.25, 0.3) is 0 Å². The van der Waals surface area contributed by atoms with Crippen LogP contribution in [0.5, 0.6) is 0 Å². The summed E-state index contributed by atoms with van der Waals surface area (Å²) in [5, 5.41) is 19.9. The van der Waals surface area contributed by atoms with Gasteiger partial charge >= 0.3 is 5.97 Å². The smallest absolute Gasteiger partial charge is 0.314 e. The van der Waals surface area contributed by atoms with Gasteiger partial charge in [0, 0.05) is 19.5 Å². The zero-order valence-electron chi connectivity index (χ0n) is 15.0. The Morgan fingerprint density at radius 2 is 1.96 bits per heavy atom. The number of carboxylic acid groups (broad SMARTS) is 1. The molecular weight excluding hydrogens is 318 g/mol. The number of aliphatic carboxylic acids is 1. The first-order valence-corrected chi connectivity index (χ1v) is 9.23. The summed E-state index contributed by atoms with van der Waals surface area (Å²) in [5.74, 6) is -0.995. The third kappa shape index (κ3) is 4.82. The van der Waals surface area contributed by atoms with E-state index in [1.807, 2.05) is 25.1 Å². The summed E-state index contributed by atoms with van der Waals surface area (Å²) < 4.78 is 0. The lowest BCUT2D eigenvalue weighted by Crippen LogP contribution is -2.57. The number of aryl methyl sites for hydroxylation is 1. The second kappa shape index (κ2) is 8.99. The van der Waals surface area contributed by atoms with E-state index in [1.54, 1.807) is 4.90 Å². The number of aliphatic hydroxyl groups is 1. The molecule has 1 fully saturated rings. The number of carboxylic acids is 1. The first-order valence-electron chi connectivity index (χ1n) is 9.23. The molecule has 1 aromatic carbocycles. The van der Waals surface area contributed by atoms with Gasteiger partial charge in [-0.1, -0.05) is 43.7 Å². The van der Waals surface area contributed by atoms with E-state index in [-0.39, 0.29) is 12.5 Å². The molecule has 1 heterocycles. The molecule has 138 valence electrons. The van der Waals surface area contributed by atoms with Crippen LogP contribution in [0.2, 0.25) is 0 Å². The number of carbonyl (C=O) groups excluding carboxylic acids is 1. The third-order valence-corrected chi connectivity index (χ3v) is 5.21. The Bertz CT molecular complexity index is 574. The molecule has 5 heteroatoms. The Kier molecular flexibility index (Phi) is 7.00. The normalized spacial score (nSPS) is 23.4. The van der Waals surface area contributed by atoms with Crippen LogP contribution in [0.1, 0.15) is 51.0 Å². The standard InChI is InChI=1S/C20H29NO4/c1-2-13-20(19(24)25)15-21(14-12-17(20)22)18(23)11-7-6-10-16-8-4-3-5-9-16/h3-5,8-9,17,22H,2,6-7,10-15H2,1H3,(H,24,25)/t17-,20-/m1/s1. The Balaban J connectivity index is 1.85. The van der Waals surface area contributed by atoms with Crippen molar-refractivity contribution in [1.82, 2.24) is 4.90 Å². The first-order chi connectivity index (χ1) is 12.0. The number of unbranched alkanes of at least 4 members (excludes halogenated alkanes) is 1. The second-order valence-electron chi connectivity index (χ2n) is 7.02. The molecule has 5 nitrogen and oxygen atoms in total. The van der Waals surface area contributed by atoms with Crippen molar-refractivity contribution in [3.05, 3.63) is 35.9 Å². The summed E-state index contributed by atoms with van der Waals surface area (Å²) in [6, 6.07) is 10.2. The second-order valence-corrected chi connectivity index (χ2v) is 7.02. The van der Waals surface area contributed by atoms with Crippen LogP contribution in [0.4, 0.5) is 0 Å². The van der Waals surface area contributed by atoms with Gasteiger partial charge in [-0.15, -0.1) is 0 Å². The van der Waals surface area contributed by atoms with Crippen LogP contribution in [0.15, 0.2) is 30.3 Å². The van der Waals surface area contributed by atoms with Gasteiger partial charge < -0.3 is 15.1 Å². The summed E-state index contributed by atoms with van der Waals surface area (Å²) in [6.07, 6.45) is 3.62. The zero-order valence-corrected chi connectivity index (χ0v) is 15.0. The molecule has 0 unspecified atom stereocenters. The van der Waals surface area contributed by atoms with Gasteiger partial charge in [0.2, 0.25) is 5.91 Å². The van der Waals surface area contributed by atoms with Crippen LogP contribution in [0.3, 0.4) is 0 Å². The van der Waals surface area contributed by atoms with Gasteiger partial charge in [-0.3, -0.25) is 9.59 Å². The summed E-state index contributed by atoms with van der Waals surface area (Å²) in [4.78, 5) is 25.9. The van der Waals surface area contributed by atoms with Crippen molar-refractivity contribution in [1.29, 1.82) is 0 Å². The lowest BCUT2D eigenvalue weighted by atomic mass is 9.74. The average molecular weight is 347 g/mol. The predicted molar refractivity (Wildman–Crippen MR) is 96.2 cm³/mol. The monoisotopic (exact) mass is 347 g/mol. The van der Waals surface area contributed by atoms with E-state index in [2.05, 4.69) is 12.1 Å². The van der Waals surface area contributed by atoms with Crippen molar-refractivity contribution in [2.75, 3.05) is 13.1 Å². The Hall–Kier alpha value is -1.88. The zero-order chi connectivity index (χ0) is 18.3. The summed E-state index contributed by atoms with van der Waals surface area (Å²) in [7, 11) is 0. The van der Waals surface area contributed by atoms with E-state index < -0.39 is 17.5 Å². The molecule has 1 aliphatic rings. The Morgan fingerprint density at radius 1 is 1.24 bits per heavy atom. The third-order valence-electron chi connectivity index (χ3n) is 5.21. The maximum Gasteiger partial charge on any atom is 0.314 e. The van der Waals surface area contributed by atoms with Crippen LogP contribution in [0, 0.1) is 5.41 Å². The van der Waals surface area contributed by atoms with Crippen molar-refractivity contribution in [3.63, 3.8) is 0 Å². The van der Waals surface area contributed by atoms with E-state index in [0.717, 1.165) is 19.3 Å². The van der Waals surface area contributed by atoms with E-state index in [1.165, 1.54) is 5.56 Å². The van der Waals surface area contributed by atoms with Crippen molar-refractivity contribution < 1.29 is 19.8 Å². The SMILES string of the molecule is CCC[C@@]1(C(=O)O)CN(C(=O)CCCCc2ccccc2)CC[C@H]1O. The average Bonchev–Trinajstić information content (AvgIpc) is 2.61. The number of rotatable bonds is 8. The minimum absolute atomic E-state index is 0.00156. The summed E-state index contributed by atoms with van der Waals surface area (Å²) in [6.45, 7) is 2.47. The van der Waals surface area contributed by atoms with Gasteiger partial charge in [0.05, 0.1) is 6.10 Å². The highest BCUT2D eigenvalue weighted by Gasteiger charge is 2.49. The Labute approximate surface area is 149 Å². The highest BCUT2D eigenvalue weighted by molar-refractivity contribution is 5.80. The molecular formula is C20H29NO4. The summed E-state index contributed by atoms with van der Waals surface area (Å²) in [5.41, 5.74) is 0.0519. The number of aliphatic hydroxyl groups excluding tert-OH is 1. The molecule has 2 rings (SSSR count). The molecule has 0 bridgehead atoms. The van der Waals surface area contributed by atoms with Crippen molar-refractivity contribution in [2.45, 2.75) is 58.0 Å². The molecule has 1 aromatic rings. The number of hydrogen-bond acceptors (Lipinski definition) is 3. The van der Waals surface area contributed by atoms with E-state index in [9.17, 15) is 19.8 Å². The highest BCUT2D eigenvalue weighted by Crippen LogP contribution is 2.35. The van der Waals surface area contributed by atoms with Crippen LogP contribution in [-0.4, -0.2) is 46.2 Å². The number of likely N-dealkylation sites (tertiary alicyclic amines) is 1. The molecule has 1 amide bonds. The van der Waals surface area contributed by atoms with Crippen molar-refractivity contribution in [2.24, 2.45) is 5.41 Å². The fraction of sp³-hybridized carbons (Fsp3) is 0.600. The Morgan fingerprint density at radius 3 is 2.60 bits per heavy atom. The molecule has 0 saturated carbocycles. The largest absolute Gasteiger partial charge is 0.481 e. The molecule has 0 spiro atoms. The van der Waals surface area contributed by atoms with Crippen LogP contribution >= 0.6 is 0 Å². The summed E-state index contributed by atoms with van der Waals surface area (Å²) >= 11 is 0. The molecule has 1 aliphatic heterocycles. The van der Waals surface area contributed by atoms with Gasteiger partial charge in [0.15, 0.2) is 0 Å². The van der Waals surface area contributed by atoms with Gasteiger partial charge in [-0.2, -0.15) is 0 Å². The first kappa shape index (κ1) is 19.4. The van der Waals surface area contributed by atoms with E-state index in [4.69, 9.17) is 0 Å². The highest BCUT2D eigenvalue weighted by atomic mass is 16.4. The molecule has 0 aliphatic carbocycles. The van der Waals surface area contributed by atoms with Crippen LogP contribution < -0.4 is 0 Å². The van der Waals surface area contributed by atoms with Gasteiger partial charge in [-0.25, -0.2) is 0 Å². The van der Waals surface area contributed by atoms with E-state index >= 15 is 0 Å². The van der Waals surface area contributed by atoms with Crippen LogP contribution in [-0.2, 0) is 16.0 Å². The van der Waals surface area contributed by atoms with Gasteiger partial charge in [0.1, 0.15) is 5.41 Å². The number of nitrogens with zero attached hydrogens (tertiary/aromatic N) is 1. The predicted octanol–water partition coefficient (Wildman–Crippen LogP) is 2.86. The van der Waals surface area contributed by atoms with Crippen molar-refractivity contribution in [3.8, 4) is 0 Å². The number of benzene rings is 1. The molecule has 0 radical (unpaired) electrons. The topological polar surface area (TPSA) is 77.8 Å². The van der Waals surface area contributed by atoms with E-state index in [0.29, 0.717) is 32.2 Å². The quantitative estimate of drug-likeness (QED) is 0.709. The van der Waals surface area contributed by atoms with Gasteiger partial charge in [-0.05, 0) is 37.7 Å². The molecule has 25 heavy (non-hydrogen) atoms. The minimum Gasteiger partial charge on any atom is -0.481 e. The molecule has 2 atom stereocenters. The van der Waals surface area contributed by atoms with Gasteiger partial charge in [0.25, 0.3) is 0 Å². The maximum atomic E-state index is 12.5. The van der Waals surface area contributed by atoms with Crippen molar-refractivity contribution >= 4 is 11.9 Å². The fourth-order valence-electron chi connectivity index (χ4n) is 3.71. The number of carbonyl (C=O) groups is 2. The number of hydrogen-bond donors (Lipinski definition) is 2. The molecule has 0 aromatic heterocycles. The minimum atomic E-state index is -1.22.